The Morgan fingerprint density at radius 3 is 2.53 bits per heavy atom. The van der Waals surface area contributed by atoms with Gasteiger partial charge in [0.2, 0.25) is 0 Å². The van der Waals surface area contributed by atoms with Crippen molar-refractivity contribution in [2.75, 3.05) is 12.4 Å². The van der Waals surface area contributed by atoms with E-state index in [1.165, 1.54) is 5.56 Å². The molecule has 0 aliphatic rings. The van der Waals surface area contributed by atoms with Crippen molar-refractivity contribution in [3.8, 4) is 11.5 Å². The number of aliphatic imine (C=N–C) groups is 1. The zero-order valence-corrected chi connectivity index (χ0v) is 19.5. The number of hydrogen-bond donors (Lipinski definition) is 2. The average Bonchev–Trinajstić information content (AvgIpc) is 2.83. The number of para-hydroxylation sites is 2. The van der Waals surface area contributed by atoms with Crippen LogP contribution in [0.4, 0.5) is 11.4 Å². The van der Waals surface area contributed by atoms with E-state index in [4.69, 9.17) is 4.74 Å². The van der Waals surface area contributed by atoms with Crippen LogP contribution in [-0.2, 0) is 4.43 Å². The van der Waals surface area contributed by atoms with E-state index in [1.807, 2.05) is 54.6 Å². The number of halogens is 1. The van der Waals surface area contributed by atoms with E-state index < -0.39 is 5.91 Å². The summed E-state index contributed by atoms with van der Waals surface area (Å²) in [5.74, 6) is -0.0135. The summed E-state index contributed by atoms with van der Waals surface area (Å²) in [6.07, 6.45) is 1.61. The summed E-state index contributed by atoms with van der Waals surface area (Å²) in [6, 6.07) is 24.3. The minimum Gasteiger partial charge on any atom is -0.506 e. The number of amides is 1. The lowest BCUT2D eigenvalue weighted by Gasteiger charge is -2.13. The number of nitrogens with zero attached hydrogens (tertiary/aromatic N) is 1. The van der Waals surface area contributed by atoms with Gasteiger partial charge in [-0.15, -0.1) is 0 Å². The highest BCUT2D eigenvalue weighted by atomic mass is 127. The number of phenols is 1. The molecular formula is C26H21IN2O3. The van der Waals surface area contributed by atoms with Crippen LogP contribution in [0.25, 0.3) is 10.8 Å². The van der Waals surface area contributed by atoms with Gasteiger partial charge in [-0.2, -0.15) is 0 Å². The molecule has 0 aliphatic heterocycles. The summed E-state index contributed by atoms with van der Waals surface area (Å²) >= 11 is 2.31. The summed E-state index contributed by atoms with van der Waals surface area (Å²) in [4.78, 5) is 17.6. The van der Waals surface area contributed by atoms with Crippen LogP contribution in [0.3, 0.4) is 0 Å². The van der Waals surface area contributed by atoms with Crippen molar-refractivity contribution in [3.63, 3.8) is 0 Å². The van der Waals surface area contributed by atoms with E-state index in [-0.39, 0.29) is 11.3 Å². The Labute approximate surface area is 199 Å². The number of rotatable bonds is 6. The minimum atomic E-state index is -0.432. The van der Waals surface area contributed by atoms with Crippen LogP contribution in [0, 0.1) is 0 Å². The maximum Gasteiger partial charge on any atom is 0.259 e. The van der Waals surface area contributed by atoms with Crippen molar-refractivity contribution in [3.05, 3.63) is 95.6 Å². The van der Waals surface area contributed by atoms with Crippen LogP contribution in [0.2, 0.25) is 0 Å². The van der Waals surface area contributed by atoms with Gasteiger partial charge in [-0.3, -0.25) is 9.79 Å². The smallest absolute Gasteiger partial charge is 0.259 e. The lowest BCUT2D eigenvalue weighted by atomic mass is 9.99. The largest absolute Gasteiger partial charge is 0.506 e. The van der Waals surface area contributed by atoms with Gasteiger partial charge >= 0.3 is 0 Å². The molecule has 0 aliphatic carbocycles. The summed E-state index contributed by atoms with van der Waals surface area (Å²) in [5.41, 5.74) is 3.17. The fourth-order valence-corrected chi connectivity index (χ4v) is 3.92. The first-order valence-electron chi connectivity index (χ1n) is 9.98. The van der Waals surface area contributed by atoms with Crippen molar-refractivity contribution in [2.45, 2.75) is 4.43 Å². The van der Waals surface area contributed by atoms with Crippen LogP contribution in [0.5, 0.6) is 11.5 Å². The molecule has 4 aromatic carbocycles. The summed E-state index contributed by atoms with van der Waals surface area (Å²) < 4.78 is 6.24. The third kappa shape index (κ3) is 4.60. The van der Waals surface area contributed by atoms with E-state index >= 15 is 0 Å². The number of hydrogen-bond acceptors (Lipinski definition) is 4. The molecule has 0 fully saturated rings. The Morgan fingerprint density at radius 2 is 1.78 bits per heavy atom. The predicted molar refractivity (Wildman–Crippen MR) is 138 cm³/mol. The summed E-state index contributed by atoms with van der Waals surface area (Å²) in [5, 5.41) is 15.5. The molecule has 160 valence electrons. The van der Waals surface area contributed by atoms with Gasteiger partial charge in [0.15, 0.2) is 0 Å². The highest BCUT2D eigenvalue weighted by Crippen LogP contribution is 2.32. The Bertz CT molecular complexity index is 1300. The lowest BCUT2D eigenvalue weighted by Crippen LogP contribution is -2.13. The summed E-state index contributed by atoms with van der Waals surface area (Å²) in [7, 11) is 1.54. The first kappa shape index (κ1) is 21.8. The van der Waals surface area contributed by atoms with E-state index in [2.05, 4.69) is 32.9 Å². The molecule has 6 heteroatoms. The molecule has 4 aromatic rings. The second kappa shape index (κ2) is 9.82. The molecule has 0 radical (unpaired) electrons. The molecule has 0 atom stereocenters. The second-order valence-electron chi connectivity index (χ2n) is 7.12. The minimum absolute atomic E-state index is 0.122. The standard InChI is InChI=1S/C26H21IN2O3/c1-32-24-9-5-4-8-23(24)29-26(31)21-14-18-6-2-3-7-20(18)22(25(21)30)16-28-19-12-10-17(15-27)11-13-19/h2-14,16,30H,15H2,1H3,(H,29,31)/b28-16+. The van der Waals surface area contributed by atoms with Crippen molar-refractivity contribution < 1.29 is 14.6 Å². The molecule has 0 spiro atoms. The van der Waals surface area contributed by atoms with Gasteiger partial charge in [-0.25, -0.2) is 0 Å². The SMILES string of the molecule is COc1ccccc1NC(=O)c1cc2ccccc2c(/C=N/c2ccc(CI)cc2)c1O. The van der Waals surface area contributed by atoms with Gasteiger partial charge < -0.3 is 15.2 Å². The molecule has 5 nitrogen and oxygen atoms in total. The number of nitrogens with one attached hydrogen (secondary N) is 1. The number of carbonyl (C=O) groups excluding carboxylic acids is 1. The Balaban J connectivity index is 1.75. The van der Waals surface area contributed by atoms with Crippen LogP contribution in [0.15, 0.2) is 83.9 Å². The van der Waals surface area contributed by atoms with Crippen molar-refractivity contribution in [2.24, 2.45) is 4.99 Å². The number of anilines is 1. The van der Waals surface area contributed by atoms with Gasteiger partial charge in [-0.05, 0) is 46.7 Å². The number of phenolic OH excluding ortho intramolecular Hbond substituents is 1. The number of ether oxygens (including phenoxy) is 1. The quantitative estimate of drug-likeness (QED) is 0.168. The summed E-state index contributed by atoms with van der Waals surface area (Å²) in [6.45, 7) is 0. The van der Waals surface area contributed by atoms with Crippen LogP contribution in [-0.4, -0.2) is 24.3 Å². The third-order valence-corrected chi connectivity index (χ3v) is 5.98. The molecular weight excluding hydrogens is 515 g/mol. The molecule has 0 saturated carbocycles. The predicted octanol–water partition coefficient (Wildman–Crippen LogP) is 6.49. The van der Waals surface area contributed by atoms with Crippen LogP contribution >= 0.6 is 22.6 Å². The number of methoxy groups -OCH3 is 1. The lowest BCUT2D eigenvalue weighted by molar-refractivity contribution is 0.102. The molecule has 0 aromatic heterocycles. The normalized spacial score (nSPS) is 11.1. The molecule has 4 rings (SSSR count). The third-order valence-electron chi connectivity index (χ3n) is 5.09. The van der Waals surface area contributed by atoms with Gasteiger partial charge in [0, 0.05) is 16.2 Å². The fourth-order valence-electron chi connectivity index (χ4n) is 3.42. The van der Waals surface area contributed by atoms with E-state index in [0.29, 0.717) is 17.0 Å². The van der Waals surface area contributed by atoms with Gasteiger partial charge in [0.25, 0.3) is 5.91 Å². The van der Waals surface area contributed by atoms with Gasteiger partial charge in [0.05, 0.1) is 24.0 Å². The molecule has 0 saturated heterocycles. The first-order valence-corrected chi connectivity index (χ1v) is 11.5. The molecule has 0 heterocycles. The van der Waals surface area contributed by atoms with Crippen molar-refractivity contribution in [1.82, 2.24) is 0 Å². The molecule has 1 amide bonds. The first-order chi connectivity index (χ1) is 15.6. The Hall–Kier alpha value is -3.39. The zero-order valence-electron chi connectivity index (χ0n) is 17.4. The number of alkyl halides is 1. The number of carbonyl (C=O) groups is 1. The van der Waals surface area contributed by atoms with Gasteiger partial charge in [-0.1, -0.05) is 71.1 Å². The van der Waals surface area contributed by atoms with Crippen LogP contribution in [0.1, 0.15) is 21.5 Å². The molecule has 0 unspecified atom stereocenters. The Kier molecular flexibility index (Phi) is 6.70. The Morgan fingerprint density at radius 1 is 1.06 bits per heavy atom. The molecule has 0 bridgehead atoms. The van der Waals surface area contributed by atoms with E-state index in [1.54, 1.807) is 37.6 Å². The monoisotopic (exact) mass is 536 g/mol. The second-order valence-corrected chi connectivity index (χ2v) is 7.88. The maximum absolute atomic E-state index is 13.1. The van der Waals surface area contributed by atoms with Gasteiger partial charge in [0.1, 0.15) is 11.5 Å². The fraction of sp³-hybridized carbons (Fsp3) is 0.0769. The highest BCUT2D eigenvalue weighted by Gasteiger charge is 2.18. The van der Waals surface area contributed by atoms with E-state index in [9.17, 15) is 9.90 Å². The zero-order chi connectivity index (χ0) is 22.5. The number of benzene rings is 4. The number of aromatic hydroxyl groups is 1. The van der Waals surface area contributed by atoms with Crippen molar-refractivity contribution in [1.29, 1.82) is 0 Å². The van der Waals surface area contributed by atoms with E-state index in [0.717, 1.165) is 20.9 Å². The topological polar surface area (TPSA) is 70.9 Å². The molecule has 2 N–H and O–H groups in total. The maximum atomic E-state index is 13.1. The number of fused-ring (bicyclic) bond motifs is 1. The van der Waals surface area contributed by atoms with Crippen LogP contribution < -0.4 is 10.1 Å². The van der Waals surface area contributed by atoms with Crippen molar-refractivity contribution >= 4 is 56.9 Å². The average molecular weight is 536 g/mol. The highest BCUT2D eigenvalue weighted by molar-refractivity contribution is 14.1. The molecule has 32 heavy (non-hydrogen) atoms.